The lowest BCUT2D eigenvalue weighted by molar-refractivity contribution is 0.185. The Bertz CT molecular complexity index is 670. The van der Waals surface area contributed by atoms with Crippen molar-refractivity contribution in [1.82, 2.24) is 0 Å². The molecule has 0 aliphatic rings. The van der Waals surface area contributed by atoms with Crippen LogP contribution < -0.4 is 0 Å². The summed E-state index contributed by atoms with van der Waals surface area (Å²) in [7, 11) is 1.73. The van der Waals surface area contributed by atoms with Crippen LogP contribution in [0.5, 0.6) is 0 Å². The van der Waals surface area contributed by atoms with Gasteiger partial charge in [-0.2, -0.15) is 0 Å². The Hall–Kier alpha value is -1.86. The minimum absolute atomic E-state index is 0.669. The molecule has 3 aromatic rings. The molecular formula is C16H14O. The average Bonchev–Trinajstić information content (AvgIpc) is 2.36. The molecule has 0 atom stereocenters. The van der Waals surface area contributed by atoms with Gasteiger partial charge in [-0.3, -0.25) is 0 Å². The third kappa shape index (κ3) is 1.90. The smallest absolute Gasteiger partial charge is 0.0713 e. The molecule has 0 spiro atoms. The van der Waals surface area contributed by atoms with Crippen LogP contribution >= 0.6 is 0 Å². The van der Waals surface area contributed by atoms with E-state index < -0.39 is 0 Å². The number of rotatable bonds is 2. The van der Waals surface area contributed by atoms with Crippen LogP contribution in [0.25, 0.3) is 21.5 Å². The highest BCUT2D eigenvalue weighted by Gasteiger charge is 1.99. The zero-order valence-corrected chi connectivity index (χ0v) is 9.81. The number of hydrogen-bond donors (Lipinski definition) is 0. The van der Waals surface area contributed by atoms with Crippen molar-refractivity contribution in [3.63, 3.8) is 0 Å². The summed E-state index contributed by atoms with van der Waals surface area (Å²) < 4.78 is 5.16. The van der Waals surface area contributed by atoms with Gasteiger partial charge in [0.2, 0.25) is 0 Å². The van der Waals surface area contributed by atoms with Crippen molar-refractivity contribution in [2.45, 2.75) is 6.61 Å². The van der Waals surface area contributed by atoms with Gasteiger partial charge < -0.3 is 4.74 Å². The van der Waals surface area contributed by atoms with Gasteiger partial charge in [-0.25, -0.2) is 0 Å². The summed E-state index contributed by atoms with van der Waals surface area (Å²) in [4.78, 5) is 0. The van der Waals surface area contributed by atoms with Crippen molar-refractivity contribution >= 4 is 21.5 Å². The fourth-order valence-electron chi connectivity index (χ4n) is 2.25. The van der Waals surface area contributed by atoms with Crippen LogP contribution in [0.4, 0.5) is 0 Å². The zero-order chi connectivity index (χ0) is 11.7. The monoisotopic (exact) mass is 222 g/mol. The molecule has 3 aromatic carbocycles. The summed E-state index contributed by atoms with van der Waals surface area (Å²) in [5.41, 5.74) is 1.22. The predicted octanol–water partition coefficient (Wildman–Crippen LogP) is 4.14. The summed E-state index contributed by atoms with van der Waals surface area (Å²) in [6.07, 6.45) is 0. The van der Waals surface area contributed by atoms with E-state index in [-0.39, 0.29) is 0 Å². The molecule has 0 amide bonds. The summed E-state index contributed by atoms with van der Waals surface area (Å²) in [6.45, 7) is 0.669. The molecular weight excluding hydrogens is 208 g/mol. The lowest BCUT2D eigenvalue weighted by Gasteiger charge is -2.05. The van der Waals surface area contributed by atoms with Gasteiger partial charge >= 0.3 is 0 Å². The van der Waals surface area contributed by atoms with Crippen molar-refractivity contribution in [3.05, 3.63) is 60.2 Å². The van der Waals surface area contributed by atoms with Crippen LogP contribution in [0, 0.1) is 0 Å². The number of hydrogen-bond acceptors (Lipinski definition) is 1. The van der Waals surface area contributed by atoms with Crippen LogP contribution in [-0.4, -0.2) is 7.11 Å². The van der Waals surface area contributed by atoms with Crippen LogP contribution in [0.3, 0.4) is 0 Å². The van der Waals surface area contributed by atoms with Crippen molar-refractivity contribution < 1.29 is 4.74 Å². The first-order valence-corrected chi connectivity index (χ1v) is 5.77. The largest absolute Gasteiger partial charge is 0.380 e. The SMILES string of the molecule is COCc1ccc2cc3ccccc3cc2c1. The summed E-state index contributed by atoms with van der Waals surface area (Å²) >= 11 is 0. The molecule has 0 unspecified atom stereocenters. The highest BCUT2D eigenvalue weighted by Crippen LogP contribution is 2.23. The number of ether oxygens (including phenoxy) is 1. The van der Waals surface area contributed by atoms with E-state index in [0.29, 0.717) is 6.61 Å². The molecule has 1 heteroatoms. The Kier molecular flexibility index (Phi) is 2.54. The summed E-state index contributed by atoms with van der Waals surface area (Å²) in [5, 5.41) is 5.14. The topological polar surface area (TPSA) is 9.23 Å². The van der Waals surface area contributed by atoms with E-state index in [1.165, 1.54) is 27.1 Å². The van der Waals surface area contributed by atoms with E-state index in [2.05, 4.69) is 54.6 Å². The Labute approximate surface area is 101 Å². The molecule has 0 heterocycles. The highest BCUT2D eigenvalue weighted by atomic mass is 16.5. The first-order valence-electron chi connectivity index (χ1n) is 5.77. The van der Waals surface area contributed by atoms with E-state index in [4.69, 9.17) is 4.74 Å². The second-order valence-corrected chi connectivity index (χ2v) is 4.31. The van der Waals surface area contributed by atoms with E-state index >= 15 is 0 Å². The van der Waals surface area contributed by atoms with E-state index in [1.54, 1.807) is 7.11 Å². The van der Waals surface area contributed by atoms with Gasteiger partial charge in [0.05, 0.1) is 6.61 Å². The Morgan fingerprint density at radius 3 is 2.12 bits per heavy atom. The zero-order valence-electron chi connectivity index (χ0n) is 9.81. The van der Waals surface area contributed by atoms with Gasteiger partial charge in [-0.05, 0) is 45.3 Å². The molecule has 0 aliphatic heterocycles. The van der Waals surface area contributed by atoms with Gasteiger partial charge in [-0.15, -0.1) is 0 Å². The maximum absolute atomic E-state index is 5.16. The molecule has 17 heavy (non-hydrogen) atoms. The average molecular weight is 222 g/mol. The standard InChI is InChI=1S/C16H14O/c1-17-11-12-6-7-15-9-13-4-2-3-5-14(13)10-16(15)8-12/h2-10H,11H2,1H3. The molecule has 0 N–H and O–H groups in total. The van der Waals surface area contributed by atoms with E-state index in [1.807, 2.05) is 0 Å². The first-order chi connectivity index (χ1) is 8.36. The van der Waals surface area contributed by atoms with Crippen molar-refractivity contribution in [1.29, 1.82) is 0 Å². The molecule has 0 aromatic heterocycles. The quantitative estimate of drug-likeness (QED) is 0.592. The maximum Gasteiger partial charge on any atom is 0.0713 e. The number of methoxy groups -OCH3 is 1. The molecule has 3 rings (SSSR count). The predicted molar refractivity (Wildman–Crippen MR) is 72.2 cm³/mol. The summed E-state index contributed by atoms with van der Waals surface area (Å²) in [6, 6.07) is 19.4. The fraction of sp³-hybridized carbons (Fsp3) is 0.125. The lowest BCUT2D eigenvalue weighted by atomic mass is 10.0. The lowest BCUT2D eigenvalue weighted by Crippen LogP contribution is -1.87. The molecule has 0 saturated carbocycles. The van der Waals surface area contributed by atoms with Gasteiger partial charge in [0, 0.05) is 7.11 Å². The van der Waals surface area contributed by atoms with Gasteiger partial charge in [-0.1, -0.05) is 36.4 Å². The van der Waals surface area contributed by atoms with Gasteiger partial charge in [0.1, 0.15) is 0 Å². The minimum atomic E-state index is 0.669. The second kappa shape index (κ2) is 4.19. The first kappa shape index (κ1) is 10.3. The Morgan fingerprint density at radius 2 is 1.41 bits per heavy atom. The molecule has 0 saturated heterocycles. The summed E-state index contributed by atoms with van der Waals surface area (Å²) in [5.74, 6) is 0. The van der Waals surface area contributed by atoms with Crippen LogP contribution in [0.15, 0.2) is 54.6 Å². The van der Waals surface area contributed by atoms with Crippen molar-refractivity contribution in [3.8, 4) is 0 Å². The minimum Gasteiger partial charge on any atom is -0.380 e. The third-order valence-electron chi connectivity index (χ3n) is 3.08. The van der Waals surface area contributed by atoms with Crippen LogP contribution in [0.2, 0.25) is 0 Å². The fourth-order valence-corrected chi connectivity index (χ4v) is 2.25. The highest BCUT2D eigenvalue weighted by molar-refractivity contribution is 5.98. The van der Waals surface area contributed by atoms with Crippen LogP contribution in [-0.2, 0) is 11.3 Å². The van der Waals surface area contributed by atoms with Gasteiger partial charge in [0.15, 0.2) is 0 Å². The molecule has 0 aliphatic carbocycles. The van der Waals surface area contributed by atoms with Crippen molar-refractivity contribution in [2.75, 3.05) is 7.11 Å². The molecule has 0 bridgehead atoms. The molecule has 84 valence electrons. The van der Waals surface area contributed by atoms with Crippen molar-refractivity contribution in [2.24, 2.45) is 0 Å². The molecule has 0 radical (unpaired) electrons. The van der Waals surface area contributed by atoms with Gasteiger partial charge in [0.25, 0.3) is 0 Å². The molecule has 1 nitrogen and oxygen atoms in total. The molecule has 0 fully saturated rings. The Morgan fingerprint density at radius 1 is 0.765 bits per heavy atom. The third-order valence-corrected chi connectivity index (χ3v) is 3.08. The normalized spacial score (nSPS) is 11.1. The van der Waals surface area contributed by atoms with E-state index in [0.717, 1.165) is 0 Å². The Balaban J connectivity index is 2.25. The maximum atomic E-state index is 5.16. The second-order valence-electron chi connectivity index (χ2n) is 4.31. The number of fused-ring (bicyclic) bond motifs is 2. The van der Waals surface area contributed by atoms with E-state index in [9.17, 15) is 0 Å². The number of benzene rings is 3. The van der Waals surface area contributed by atoms with Crippen LogP contribution in [0.1, 0.15) is 5.56 Å².